The monoisotopic (exact) mass is 399 g/mol. The smallest absolute Gasteiger partial charge is 0.244 e. The predicted octanol–water partition coefficient (Wildman–Crippen LogP) is 5.29. The lowest BCUT2D eigenvalue weighted by atomic mass is 10.2. The van der Waals surface area contributed by atoms with E-state index >= 15 is 0 Å². The van der Waals surface area contributed by atoms with E-state index in [-0.39, 0.29) is 5.91 Å². The van der Waals surface area contributed by atoms with Gasteiger partial charge in [-0.2, -0.15) is 5.26 Å². The minimum atomic E-state index is -0.394. The Hall–Kier alpha value is -3.10. The molecule has 0 radical (unpaired) electrons. The molecule has 1 amide bonds. The molecule has 144 valence electrons. The van der Waals surface area contributed by atoms with Crippen molar-refractivity contribution in [3.8, 4) is 6.07 Å². The van der Waals surface area contributed by atoms with Crippen LogP contribution < -0.4 is 4.90 Å². The summed E-state index contributed by atoms with van der Waals surface area (Å²) in [6.07, 6.45) is 2.99. The third-order valence-corrected chi connectivity index (χ3v) is 6.11. The average Bonchev–Trinajstić information content (AvgIpc) is 3.22. The van der Waals surface area contributed by atoms with E-state index in [0.29, 0.717) is 10.6 Å². The zero-order chi connectivity index (χ0) is 20.2. The Balaban J connectivity index is 1.65. The Labute approximate surface area is 175 Å². The summed E-state index contributed by atoms with van der Waals surface area (Å²) in [7, 11) is 0. The molecule has 0 fully saturated rings. The first-order chi connectivity index (χ1) is 14.2. The van der Waals surface area contributed by atoms with Crippen LogP contribution in [0.15, 0.2) is 71.8 Å². The van der Waals surface area contributed by atoms with E-state index in [4.69, 9.17) is 4.98 Å². The van der Waals surface area contributed by atoms with Gasteiger partial charge in [0.1, 0.15) is 11.1 Å². The van der Waals surface area contributed by atoms with Gasteiger partial charge in [0.05, 0.1) is 10.8 Å². The Morgan fingerprint density at radius 2 is 1.69 bits per heavy atom. The van der Waals surface area contributed by atoms with E-state index in [1.165, 1.54) is 17.3 Å². The zero-order valence-corrected chi connectivity index (χ0v) is 17.0. The Kier molecular flexibility index (Phi) is 5.64. The lowest BCUT2D eigenvalue weighted by Gasteiger charge is -2.26. The van der Waals surface area contributed by atoms with Crippen molar-refractivity contribution in [3.63, 3.8) is 0 Å². The van der Waals surface area contributed by atoms with Crippen LogP contribution in [0.3, 0.4) is 0 Å². The second-order valence-electron chi connectivity index (χ2n) is 7.02. The van der Waals surface area contributed by atoms with Gasteiger partial charge in [0.2, 0.25) is 5.91 Å². The number of amides is 1. The number of pyridine rings is 1. The first kappa shape index (κ1) is 19.2. The quantitative estimate of drug-likeness (QED) is 0.547. The summed E-state index contributed by atoms with van der Waals surface area (Å²) in [5.41, 5.74) is 4.42. The number of aryl methyl sites for hydroxylation is 2. The molecule has 0 bridgehead atoms. The number of anilines is 2. The molecule has 4 rings (SSSR count). The van der Waals surface area contributed by atoms with E-state index in [1.54, 1.807) is 4.90 Å². The molecule has 0 aliphatic heterocycles. The number of carbonyl (C=O) groups is 1. The highest BCUT2D eigenvalue weighted by molar-refractivity contribution is 8.00. The first-order valence-corrected chi connectivity index (χ1v) is 10.6. The number of fused-ring (bicyclic) bond motifs is 1. The van der Waals surface area contributed by atoms with Crippen LogP contribution in [0.2, 0.25) is 0 Å². The van der Waals surface area contributed by atoms with E-state index in [9.17, 15) is 10.1 Å². The van der Waals surface area contributed by atoms with Gasteiger partial charge in [-0.3, -0.25) is 9.69 Å². The molecular formula is C24H21N3OS. The molecule has 1 aromatic heterocycles. The van der Waals surface area contributed by atoms with Gasteiger partial charge < -0.3 is 0 Å². The van der Waals surface area contributed by atoms with Gasteiger partial charge in [-0.15, -0.1) is 0 Å². The van der Waals surface area contributed by atoms with Gasteiger partial charge in [-0.25, -0.2) is 4.98 Å². The molecule has 1 aliphatic carbocycles. The predicted molar refractivity (Wildman–Crippen MR) is 116 cm³/mol. The summed E-state index contributed by atoms with van der Waals surface area (Å²) in [5, 5.41) is 9.82. The lowest BCUT2D eigenvalue weighted by Crippen LogP contribution is -2.32. The number of nitrogens with zero attached hydrogens (tertiary/aromatic N) is 3. The van der Waals surface area contributed by atoms with E-state index in [2.05, 4.69) is 6.07 Å². The fourth-order valence-corrected chi connectivity index (χ4v) is 4.52. The van der Waals surface area contributed by atoms with E-state index in [1.807, 2.05) is 73.7 Å². The highest BCUT2D eigenvalue weighted by Gasteiger charge is 2.26. The molecule has 1 heterocycles. The highest BCUT2D eigenvalue weighted by atomic mass is 32.2. The number of rotatable bonds is 5. The first-order valence-electron chi connectivity index (χ1n) is 9.71. The van der Waals surface area contributed by atoms with Crippen molar-refractivity contribution in [3.05, 3.63) is 83.6 Å². The number of hydrogen-bond acceptors (Lipinski definition) is 4. The van der Waals surface area contributed by atoms with Gasteiger partial charge in [0.25, 0.3) is 0 Å². The molecule has 29 heavy (non-hydrogen) atoms. The molecule has 3 aromatic rings. The lowest BCUT2D eigenvalue weighted by molar-refractivity contribution is -0.117. The van der Waals surface area contributed by atoms with Gasteiger partial charge in [0, 0.05) is 17.1 Å². The van der Waals surface area contributed by atoms with Crippen molar-refractivity contribution in [2.24, 2.45) is 0 Å². The number of nitriles is 1. The Morgan fingerprint density at radius 1 is 1.07 bits per heavy atom. The summed E-state index contributed by atoms with van der Waals surface area (Å²) >= 11 is 1.36. The third kappa shape index (κ3) is 4.03. The molecule has 0 saturated heterocycles. The van der Waals surface area contributed by atoms with Crippen LogP contribution in [-0.4, -0.2) is 16.1 Å². The fourth-order valence-electron chi connectivity index (χ4n) is 3.58. The van der Waals surface area contributed by atoms with Gasteiger partial charge in [-0.1, -0.05) is 48.2 Å². The van der Waals surface area contributed by atoms with Crippen molar-refractivity contribution >= 4 is 29.0 Å². The molecule has 0 spiro atoms. The molecule has 1 aliphatic rings. The zero-order valence-electron chi connectivity index (χ0n) is 16.2. The SMILES string of the molecule is CC(Sc1nc2c(cc1C#N)CCC2)C(=O)N(c1ccccc1)c1ccccc1. The minimum absolute atomic E-state index is 0.0430. The summed E-state index contributed by atoms with van der Waals surface area (Å²) in [4.78, 5) is 19.9. The minimum Gasteiger partial charge on any atom is -0.280 e. The van der Waals surface area contributed by atoms with Crippen LogP contribution in [0.25, 0.3) is 0 Å². The normalized spacial score (nSPS) is 13.4. The van der Waals surface area contributed by atoms with Crippen molar-refractivity contribution in [2.45, 2.75) is 36.5 Å². The van der Waals surface area contributed by atoms with Crippen LogP contribution in [0, 0.1) is 11.3 Å². The molecular weight excluding hydrogens is 378 g/mol. The van der Waals surface area contributed by atoms with Gasteiger partial charge in [-0.05, 0) is 62.1 Å². The van der Waals surface area contributed by atoms with Crippen molar-refractivity contribution < 1.29 is 4.79 Å². The summed E-state index contributed by atoms with van der Waals surface area (Å²) in [6.45, 7) is 1.88. The number of thioether (sulfide) groups is 1. The van der Waals surface area contributed by atoms with Crippen LogP contribution in [0.1, 0.15) is 30.2 Å². The largest absolute Gasteiger partial charge is 0.280 e. The molecule has 1 unspecified atom stereocenters. The fraction of sp³-hybridized carbons (Fsp3) is 0.208. The molecule has 2 aromatic carbocycles. The third-order valence-electron chi connectivity index (χ3n) is 5.02. The van der Waals surface area contributed by atoms with Crippen molar-refractivity contribution in [2.75, 3.05) is 4.90 Å². The van der Waals surface area contributed by atoms with Crippen LogP contribution in [0.5, 0.6) is 0 Å². The second-order valence-corrected chi connectivity index (χ2v) is 8.35. The maximum atomic E-state index is 13.5. The number of benzene rings is 2. The number of carbonyl (C=O) groups excluding carboxylic acids is 1. The maximum Gasteiger partial charge on any atom is 0.244 e. The number of hydrogen-bond donors (Lipinski definition) is 0. The summed E-state index contributed by atoms with van der Waals surface area (Å²) < 4.78 is 0. The second kappa shape index (κ2) is 8.50. The number of aromatic nitrogens is 1. The van der Waals surface area contributed by atoms with E-state index in [0.717, 1.165) is 36.3 Å². The molecule has 0 saturated carbocycles. The summed E-state index contributed by atoms with van der Waals surface area (Å²) in [6, 6.07) is 23.5. The van der Waals surface area contributed by atoms with Crippen molar-refractivity contribution in [1.82, 2.24) is 4.98 Å². The average molecular weight is 400 g/mol. The number of para-hydroxylation sites is 2. The van der Waals surface area contributed by atoms with Gasteiger partial charge in [0.15, 0.2) is 0 Å². The molecule has 1 atom stereocenters. The van der Waals surface area contributed by atoms with E-state index < -0.39 is 5.25 Å². The molecule has 5 heteroatoms. The Morgan fingerprint density at radius 3 is 2.28 bits per heavy atom. The maximum absolute atomic E-state index is 13.5. The molecule has 0 N–H and O–H groups in total. The van der Waals surface area contributed by atoms with Crippen LogP contribution >= 0.6 is 11.8 Å². The topological polar surface area (TPSA) is 57.0 Å². The molecule has 4 nitrogen and oxygen atoms in total. The van der Waals surface area contributed by atoms with Crippen LogP contribution in [0.4, 0.5) is 11.4 Å². The van der Waals surface area contributed by atoms with Crippen LogP contribution in [-0.2, 0) is 17.6 Å². The highest BCUT2D eigenvalue weighted by Crippen LogP contribution is 2.33. The Bertz CT molecular complexity index is 1020. The summed E-state index contributed by atoms with van der Waals surface area (Å²) in [5.74, 6) is -0.0430. The standard InChI is InChI=1S/C24H21N3OS/c1-17(29-23-19(16-25)15-18-9-8-14-22(18)26-23)24(28)27(20-10-4-2-5-11-20)21-12-6-3-7-13-21/h2-7,10-13,15,17H,8-9,14H2,1H3. The van der Waals surface area contributed by atoms with Gasteiger partial charge >= 0.3 is 0 Å². The van der Waals surface area contributed by atoms with Crippen molar-refractivity contribution in [1.29, 1.82) is 5.26 Å².